The highest BCUT2D eigenvalue weighted by atomic mass is 19.2. The fourth-order valence-electron chi connectivity index (χ4n) is 1.81. The molecule has 2 rings (SSSR count). The molecule has 0 spiro atoms. The fraction of sp³-hybridized carbons (Fsp3) is 0.231. The largest absolute Gasteiger partial charge is 0.464 e. The van der Waals surface area contributed by atoms with E-state index in [1.54, 1.807) is 12.1 Å². The second-order valence-electron chi connectivity index (χ2n) is 3.90. The number of benzene rings is 1. The minimum atomic E-state index is -0.921. The standard InChI is InChI=1S/C13H14F2N2O/c1-2-8-6-7-11(18-8)13(17-16)9-4-3-5-10(14)12(9)15/h3-7,13,17H,2,16H2,1H3. The Balaban J connectivity index is 2.41. The van der Waals surface area contributed by atoms with E-state index in [0.717, 1.165) is 18.2 Å². The van der Waals surface area contributed by atoms with Gasteiger partial charge in [-0.1, -0.05) is 19.1 Å². The lowest BCUT2D eigenvalue weighted by Crippen LogP contribution is -2.29. The number of hydrazine groups is 1. The number of rotatable bonds is 4. The van der Waals surface area contributed by atoms with Gasteiger partial charge in [-0.25, -0.2) is 14.2 Å². The first kappa shape index (κ1) is 12.7. The smallest absolute Gasteiger partial charge is 0.164 e. The summed E-state index contributed by atoms with van der Waals surface area (Å²) in [6.07, 6.45) is 0.725. The first-order valence-corrected chi connectivity index (χ1v) is 5.66. The average Bonchev–Trinajstić information content (AvgIpc) is 2.84. The van der Waals surface area contributed by atoms with Crippen LogP contribution in [-0.4, -0.2) is 0 Å². The summed E-state index contributed by atoms with van der Waals surface area (Å²) in [6, 6.07) is 6.75. The summed E-state index contributed by atoms with van der Waals surface area (Å²) in [6.45, 7) is 1.94. The zero-order valence-electron chi connectivity index (χ0n) is 9.91. The highest BCUT2D eigenvalue weighted by Gasteiger charge is 2.21. The first-order valence-electron chi connectivity index (χ1n) is 5.66. The van der Waals surface area contributed by atoms with Crippen molar-refractivity contribution < 1.29 is 13.2 Å². The van der Waals surface area contributed by atoms with Crippen molar-refractivity contribution >= 4 is 0 Å². The maximum Gasteiger partial charge on any atom is 0.164 e. The van der Waals surface area contributed by atoms with Crippen LogP contribution in [0.5, 0.6) is 0 Å². The second kappa shape index (κ2) is 5.29. The van der Waals surface area contributed by atoms with Gasteiger partial charge in [0.2, 0.25) is 0 Å². The molecular formula is C13H14F2N2O. The molecule has 0 radical (unpaired) electrons. The zero-order chi connectivity index (χ0) is 13.1. The molecule has 0 saturated carbocycles. The molecule has 1 heterocycles. The van der Waals surface area contributed by atoms with Crippen LogP contribution in [0.3, 0.4) is 0 Å². The number of nitrogens with one attached hydrogen (secondary N) is 1. The van der Waals surface area contributed by atoms with Gasteiger partial charge in [-0.3, -0.25) is 5.84 Å². The fourth-order valence-corrected chi connectivity index (χ4v) is 1.81. The Bertz CT molecular complexity index is 540. The van der Waals surface area contributed by atoms with E-state index >= 15 is 0 Å². The van der Waals surface area contributed by atoms with Crippen LogP contribution in [-0.2, 0) is 6.42 Å². The Labute approximate surface area is 104 Å². The van der Waals surface area contributed by atoms with Crippen molar-refractivity contribution in [2.45, 2.75) is 19.4 Å². The van der Waals surface area contributed by atoms with E-state index in [9.17, 15) is 8.78 Å². The molecule has 1 unspecified atom stereocenters. The van der Waals surface area contributed by atoms with Crippen molar-refractivity contribution in [3.05, 3.63) is 59.1 Å². The minimum Gasteiger partial charge on any atom is -0.464 e. The molecule has 0 bridgehead atoms. The molecule has 3 nitrogen and oxygen atoms in total. The predicted octanol–water partition coefficient (Wildman–Crippen LogP) is 2.67. The van der Waals surface area contributed by atoms with E-state index < -0.39 is 17.7 Å². The number of aryl methyl sites for hydroxylation is 1. The Morgan fingerprint density at radius 3 is 2.67 bits per heavy atom. The van der Waals surface area contributed by atoms with Crippen LogP contribution in [0.25, 0.3) is 0 Å². The van der Waals surface area contributed by atoms with Gasteiger partial charge < -0.3 is 4.42 Å². The molecule has 3 N–H and O–H groups in total. The van der Waals surface area contributed by atoms with E-state index in [4.69, 9.17) is 10.3 Å². The molecule has 1 aromatic carbocycles. The summed E-state index contributed by atoms with van der Waals surface area (Å²) < 4.78 is 32.4. The Morgan fingerprint density at radius 2 is 2.06 bits per heavy atom. The number of hydrogen-bond donors (Lipinski definition) is 2. The van der Waals surface area contributed by atoms with Crippen LogP contribution in [0.4, 0.5) is 8.78 Å². The highest BCUT2D eigenvalue weighted by Crippen LogP contribution is 2.26. The van der Waals surface area contributed by atoms with Gasteiger partial charge in [0, 0.05) is 12.0 Å². The topological polar surface area (TPSA) is 51.2 Å². The Morgan fingerprint density at radius 1 is 1.28 bits per heavy atom. The third kappa shape index (κ3) is 2.27. The van der Waals surface area contributed by atoms with E-state index in [1.807, 2.05) is 6.92 Å². The summed E-state index contributed by atoms with van der Waals surface area (Å²) in [7, 11) is 0. The van der Waals surface area contributed by atoms with E-state index in [0.29, 0.717) is 5.76 Å². The zero-order valence-corrected chi connectivity index (χ0v) is 9.91. The van der Waals surface area contributed by atoms with Crippen molar-refractivity contribution in [3.8, 4) is 0 Å². The van der Waals surface area contributed by atoms with Crippen molar-refractivity contribution in [3.63, 3.8) is 0 Å². The molecule has 18 heavy (non-hydrogen) atoms. The van der Waals surface area contributed by atoms with E-state index in [1.165, 1.54) is 12.1 Å². The molecule has 96 valence electrons. The van der Waals surface area contributed by atoms with Gasteiger partial charge in [-0.2, -0.15) is 0 Å². The molecule has 5 heteroatoms. The van der Waals surface area contributed by atoms with Gasteiger partial charge in [-0.15, -0.1) is 0 Å². The molecule has 2 aromatic rings. The average molecular weight is 252 g/mol. The minimum absolute atomic E-state index is 0.120. The van der Waals surface area contributed by atoms with Crippen molar-refractivity contribution in [2.24, 2.45) is 5.84 Å². The third-order valence-corrected chi connectivity index (χ3v) is 2.77. The van der Waals surface area contributed by atoms with Gasteiger partial charge in [0.25, 0.3) is 0 Å². The first-order chi connectivity index (χ1) is 8.67. The third-order valence-electron chi connectivity index (χ3n) is 2.77. The van der Waals surface area contributed by atoms with Crippen LogP contribution in [0, 0.1) is 11.6 Å². The lowest BCUT2D eigenvalue weighted by Gasteiger charge is -2.14. The second-order valence-corrected chi connectivity index (χ2v) is 3.90. The van der Waals surface area contributed by atoms with Gasteiger partial charge >= 0.3 is 0 Å². The molecule has 0 amide bonds. The Kier molecular flexibility index (Phi) is 3.74. The molecule has 1 atom stereocenters. The summed E-state index contributed by atoms with van der Waals surface area (Å²) in [5.41, 5.74) is 2.56. The number of halogens is 2. The van der Waals surface area contributed by atoms with Gasteiger partial charge in [0.1, 0.15) is 17.6 Å². The van der Waals surface area contributed by atoms with Crippen molar-refractivity contribution in [1.29, 1.82) is 0 Å². The van der Waals surface area contributed by atoms with Crippen LogP contribution in [0.15, 0.2) is 34.7 Å². The summed E-state index contributed by atoms with van der Waals surface area (Å²) in [4.78, 5) is 0. The maximum atomic E-state index is 13.7. The van der Waals surface area contributed by atoms with Crippen molar-refractivity contribution in [2.75, 3.05) is 0 Å². The Hall–Kier alpha value is -1.72. The lowest BCUT2D eigenvalue weighted by molar-refractivity contribution is 0.411. The summed E-state index contributed by atoms with van der Waals surface area (Å²) >= 11 is 0. The van der Waals surface area contributed by atoms with Gasteiger partial charge in [0.05, 0.1) is 0 Å². The van der Waals surface area contributed by atoms with Crippen LogP contribution < -0.4 is 11.3 Å². The van der Waals surface area contributed by atoms with Gasteiger partial charge in [0.15, 0.2) is 11.6 Å². The maximum absolute atomic E-state index is 13.7. The quantitative estimate of drug-likeness (QED) is 0.649. The van der Waals surface area contributed by atoms with E-state index in [-0.39, 0.29) is 5.56 Å². The van der Waals surface area contributed by atoms with Crippen LogP contribution >= 0.6 is 0 Å². The molecule has 0 aliphatic carbocycles. The number of hydrogen-bond acceptors (Lipinski definition) is 3. The lowest BCUT2D eigenvalue weighted by atomic mass is 10.0. The molecule has 1 aromatic heterocycles. The normalized spacial score (nSPS) is 12.7. The number of furan rings is 1. The predicted molar refractivity (Wildman–Crippen MR) is 63.6 cm³/mol. The molecular weight excluding hydrogens is 238 g/mol. The monoisotopic (exact) mass is 252 g/mol. The molecule has 0 aliphatic rings. The molecule has 0 saturated heterocycles. The van der Waals surface area contributed by atoms with Gasteiger partial charge in [-0.05, 0) is 18.2 Å². The number of nitrogens with two attached hydrogens (primary N) is 1. The molecule has 0 fully saturated rings. The summed E-state index contributed by atoms with van der Waals surface area (Å²) in [5, 5.41) is 0. The van der Waals surface area contributed by atoms with Crippen LogP contribution in [0.1, 0.15) is 30.0 Å². The summed E-state index contributed by atoms with van der Waals surface area (Å²) in [5.74, 6) is 4.80. The highest BCUT2D eigenvalue weighted by molar-refractivity contribution is 5.29. The van der Waals surface area contributed by atoms with Crippen LogP contribution in [0.2, 0.25) is 0 Å². The van der Waals surface area contributed by atoms with E-state index in [2.05, 4.69) is 5.43 Å². The van der Waals surface area contributed by atoms with Crippen molar-refractivity contribution in [1.82, 2.24) is 5.43 Å². The molecule has 0 aliphatic heterocycles. The SMILES string of the molecule is CCc1ccc(C(NN)c2cccc(F)c2F)o1.